The van der Waals surface area contributed by atoms with Gasteiger partial charge in [-0.05, 0) is 16.8 Å². The lowest BCUT2D eigenvalue weighted by Crippen LogP contribution is -2.14. The van der Waals surface area contributed by atoms with Gasteiger partial charge in [0.05, 0.1) is 5.56 Å². The van der Waals surface area contributed by atoms with Crippen molar-refractivity contribution in [2.75, 3.05) is 0 Å². The van der Waals surface area contributed by atoms with Gasteiger partial charge in [0, 0.05) is 11.1 Å². The molecule has 0 aliphatic carbocycles. The number of benzene rings is 2. The van der Waals surface area contributed by atoms with Crippen molar-refractivity contribution in [3.63, 3.8) is 0 Å². The van der Waals surface area contributed by atoms with E-state index in [2.05, 4.69) is 0 Å². The molecular formula is C13H9NO3. The summed E-state index contributed by atoms with van der Waals surface area (Å²) in [6.45, 7) is 0. The summed E-state index contributed by atoms with van der Waals surface area (Å²) in [6.07, 6.45) is 1.22. The number of aldehydes is 2. The summed E-state index contributed by atoms with van der Waals surface area (Å²) in [6, 6.07) is 8.24. The largest absolute Gasteiger partial charge is 0.366 e. The fourth-order valence-electron chi connectivity index (χ4n) is 1.85. The topological polar surface area (TPSA) is 77.2 Å². The fraction of sp³-hybridized carbons (Fsp3) is 0. The lowest BCUT2D eigenvalue weighted by Gasteiger charge is -2.07. The molecule has 2 N–H and O–H groups in total. The van der Waals surface area contributed by atoms with Crippen molar-refractivity contribution < 1.29 is 14.4 Å². The van der Waals surface area contributed by atoms with Gasteiger partial charge >= 0.3 is 0 Å². The fourth-order valence-corrected chi connectivity index (χ4v) is 1.85. The summed E-state index contributed by atoms with van der Waals surface area (Å²) in [7, 11) is 0. The normalized spacial score (nSPS) is 10.1. The molecule has 4 nitrogen and oxygen atoms in total. The quantitative estimate of drug-likeness (QED) is 0.808. The second-order valence-corrected chi connectivity index (χ2v) is 3.57. The van der Waals surface area contributed by atoms with Crippen LogP contribution in [-0.2, 0) is 0 Å². The van der Waals surface area contributed by atoms with Gasteiger partial charge in [-0.2, -0.15) is 0 Å². The van der Waals surface area contributed by atoms with Crippen LogP contribution < -0.4 is 5.73 Å². The van der Waals surface area contributed by atoms with Crippen molar-refractivity contribution in [2.24, 2.45) is 5.73 Å². The van der Waals surface area contributed by atoms with Crippen molar-refractivity contribution >= 4 is 29.3 Å². The first-order valence-electron chi connectivity index (χ1n) is 4.95. The molecule has 0 saturated heterocycles. The Balaban J connectivity index is 2.99. The standard InChI is InChI=1S/C13H9NO3/c14-13(17)11-5-8(6-15)9-3-1-2-4-10(9)12(11)7-16/h1-7H,(H2,14,17). The maximum atomic E-state index is 11.2. The van der Waals surface area contributed by atoms with E-state index in [4.69, 9.17) is 5.73 Å². The van der Waals surface area contributed by atoms with E-state index in [1.54, 1.807) is 24.3 Å². The van der Waals surface area contributed by atoms with E-state index in [-0.39, 0.29) is 11.1 Å². The van der Waals surface area contributed by atoms with Crippen molar-refractivity contribution in [3.05, 3.63) is 47.0 Å². The third kappa shape index (κ3) is 1.69. The molecule has 17 heavy (non-hydrogen) atoms. The molecule has 1 amide bonds. The molecule has 0 heterocycles. The summed E-state index contributed by atoms with van der Waals surface area (Å²) in [5.74, 6) is -0.721. The van der Waals surface area contributed by atoms with Gasteiger partial charge in [0.2, 0.25) is 5.91 Å². The maximum Gasteiger partial charge on any atom is 0.249 e. The van der Waals surface area contributed by atoms with E-state index in [0.717, 1.165) is 0 Å². The number of hydrogen-bond acceptors (Lipinski definition) is 3. The first kappa shape index (κ1) is 11.0. The van der Waals surface area contributed by atoms with Crippen LogP contribution in [0.3, 0.4) is 0 Å². The molecule has 0 aliphatic rings. The number of carbonyl (C=O) groups excluding carboxylic acids is 3. The third-order valence-electron chi connectivity index (χ3n) is 2.63. The van der Waals surface area contributed by atoms with Crippen LogP contribution in [0.4, 0.5) is 0 Å². The number of amides is 1. The number of carbonyl (C=O) groups is 3. The highest BCUT2D eigenvalue weighted by Gasteiger charge is 2.14. The maximum absolute atomic E-state index is 11.2. The molecule has 0 aromatic heterocycles. The SMILES string of the molecule is NC(=O)c1cc(C=O)c2ccccc2c1C=O. The summed E-state index contributed by atoms with van der Waals surface area (Å²) in [5.41, 5.74) is 5.83. The first-order chi connectivity index (χ1) is 8.19. The smallest absolute Gasteiger partial charge is 0.249 e. The van der Waals surface area contributed by atoms with Crippen LogP contribution in [0.25, 0.3) is 10.8 Å². The highest BCUT2D eigenvalue weighted by Crippen LogP contribution is 2.24. The molecule has 4 heteroatoms. The zero-order chi connectivity index (χ0) is 12.4. The second kappa shape index (κ2) is 4.17. The van der Waals surface area contributed by atoms with Crippen LogP contribution in [0.1, 0.15) is 31.1 Å². The molecule has 84 valence electrons. The minimum atomic E-state index is -0.721. The zero-order valence-electron chi connectivity index (χ0n) is 8.84. The monoisotopic (exact) mass is 227 g/mol. The van der Waals surface area contributed by atoms with Crippen LogP contribution in [0.15, 0.2) is 30.3 Å². The Bertz CT molecular complexity index is 632. The molecule has 2 rings (SSSR count). The predicted octanol–water partition coefficient (Wildman–Crippen LogP) is 1.56. The molecular weight excluding hydrogens is 218 g/mol. The molecule has 0 saturated carbocycles. The van der Waals surface area contributed by atoms with Gasteiger partial charge < -0.3 is 5.73 Å². The molecule has 0 bridgehead atoms. The van der Waals surface area contributed by atoms with Crippen LogP contribution in [0, 0.1) is 0 Å². The van der Waals surface area contributed by atoms with Crippen molar-refractivity contribution in [3.8, 4) is 0 Å². The Morgan fingerprint density at radius 1 is 1.06 bits per heavy atom. The van der Waals surface area contributed by atoms with E-state index in [9.17, 15) is 14.4 Å². The summed E-state index contributed by atoms with van der Waals surface area (Å²) >= 11 is 0. The number of nitrogens with two attached hydrogens (primary N) is 1. The molecule has 0 fully saturated rings. The van der Waals surface area contributed by atoms with Gasteiger partial charge in [-0.15, -0.1) is 0 Å². The Kier molecular flexibility index (Phi) is 2.70. The first-order valence-corrected chi connectivity index (χ1v) is 4.95. The van der Waals surface area contributed by atoms with Crippen molar-refractivity contribution in [1.29, 1.82) is 0 Å². The minimum absolute atomic E-state index is 0.0702. The Morgan fingerprint density at radius 3 is 2.24 bits per heavy atom. The van der Waals surface area contributed by atoms with Crippen LogP contribution in [-0.4, -0.2) is 18.5 Å². The van der Waals surface area contributed by atoms with E-state index in [0.29, 0.717) is 28.9 Å². The van der Waals surface area contributed by atoms with Gasteiger partial charge in [0.15, 0.2) is 12.6 Å². The molecule has 0 unspecified atom stereocenters. The molecule has 2 aromatic carbocycles. The van der Waals surface area contributed by atoms with Gasteiger partial charge in [-0.25, -0.2) is 0 Å². The van der Waals surface area contributed by atoms with E-state index in [1.807, 2.05) is 0 Å². The Morgan fingerprint density at radius 2 is 1.71 bits per heavy atom. The molecule has 0 spiro atoms. The number of primary amides is 1. The average molecular weight is 227 g/mol. The predicted molar refractivity (Wildman–Crippen MR) is 63.2 cm³/mol. The number of fused-ring (bicyclic) bond motifs is 1. The Hall–Kier alpha value is -2.49. The number of rotatable bonds is 3. The lowest BCUT2D eigenvalue weighted by atomic mass is 9.95. The van der Waals surface area contributed by atoms with Gasteiger partial charge in [0.1, 0.15) is 0 Å². The lowest BCUT2D eigenvalue weighted by molar-refractivity contribution is 0.0993. The van der Waals surface area contributed by atoms with Crippen LogP contribution in [0.5, 0.6) is 0 Å². The third-order valence-corrected chi connectivity index (χ3v) is 2.63. The summed E-state index contributed by atoms with van der Waals surface area (Å²) in [5, 5.41) is 1.19. The van der Waals surface area contributed by atoms with E-state index in [1.165, 1.54) is 6.07 Å². The van der Waals surface area contributed by atoms with E-state index >= 15 is 0 Å². The molecule has 0 atom stereocenters. The highest BCUT2D eigenvalue weighted by molar-refractivity contribution is 6.13. The van der Waals surface area contributed by atoms with Gasteiger partial charge in [-0.1, -0.05) is 24.3 Å². The Labute approximate surface area is 97.0 Å². The summed E-state index contributed by atoms with van der Waals surface area (Å²) in [4.78, 5) is 33.2. The molecule has 2 aromatic rings. The zero-order valence-corrected chi connectivity index (χ0v) is 8.84. The minimum Gasteiger partial charge on any atom is -0.366 e. The average Bonchev–Trinajstić information content (AvgIpc) is 2.36. The molecule has 0 aliphatic heterocycles. The second-order valence-electron chi connectivity index (χ2n) is 3.57. The van der Waals surface area contributed by atoms with Gasteiger partial charge in [-0.3, -0.25) is 14.4 Å². The summed E-state index contributed by atoms with van der Waals surface area (Å²) < 4.78 is 0. The van der Waals surface area contributed by atoms with E-state index < -0.39 is 5.91 Å². The van der Waals surface area contributed by atoms with Crippen LogP contribution in [0.2, 0.25) is 0 Å². The van der Waals surface area contributed by atoms with Crippen molar-refractivity contribution in [2.45, 2.75) is 0 Å². The van der Waals surface area contributed by atoms with Crippen molar-refractivity contribution in [1.82, 2.24) is 0 Å². The molecule has 0 radical (unpaired) electrons. The number of hydrogen-bond donors (Lipinski definition) is 1. The van der Waals surface area contributed by atoms with Crippen LogP contribution >= 0.6 is 0 Å². The van der Waals surface area contributed by atoms with Gasteiger partial charge in [0.25, 0.3) is 0 Å². The highest BCUT2D eigenvalue weighted by atomic mass is 16.1.